The second kappa shape index (κ2) is 7.59. The summed E-state index contributed by atoms with van der Waals surface area (Å²) < 4.78 is 5.37. The molecule has 0 unspecified atom stereocenters. The molecule has 110 valence electrons. The van der Waals surface area contributed by atoms with Gasteiger partial charge in [-0.15, -0.1) is 11.8 Å². The Morgan fingerprint density at radius 2 is 1.76 bits per heavy atom. The molecule has 1 amide bonds. The van der Waals surface area contributed by atoms with E-state index in [1.54, 1.807) is 30.0 Å². The Morgan fingerprint density at radius 1 is 1.14 bits per heavy atom. The van der Waals surface area contributed by atoms with Gasteiger partial charge >= 0.3 is 0 Å². The molecule has 0 aliphatic carbocycles. The minimum absolute atomic E-state index is 0.159. The summed E-state index contributed by atoms with van der Waals surface area (Å²) in [5.41, 5.74) is 0.714. The molecule has 2 aromatic carbocycles. The van der Waals surface area contributed by atoms with Gasteiger partial charge in [0.05, 0.1) is 10.0 Å². The molecule has 0 bridgehead atoms. The van der Waals surface area contributed by atoms with Crippen molar-refractivity contribution in [2.45, 2.75) is 4.90 Å². The van der Waals surface area contributed by atoms with E-state index in [1.807, 2.05) is 30.5 Å². The van der Waals surface area contributed by atoms with Crippen molar-refractivity contribution in [3.63, 3.8) is 0 Å². The zero-order valence-corrected chi connectivity index (χ0v) is 13.6. The first-order valence-electron chi connectivity index (χ1n) is 6.11. The summed E-state index contributed by atoms with van der Waals surface area (Å²) in [6.45, 7) is -0.159. The molecule has 6 heteroatoms. The highest BCUT2D eigenvalue weighted by molar-refractivity contribution is 7.98. The average Bonchev–Trinajstić information content (AvgIpc) is 2.47. The predicted octanol–water partition coefficient (Wildman–Crippen LogP) is 4.73. The fraction of sp³-hybridized carbons (Fsp3) is 0.133. The fourth-order valence-electron chi connectivity index (χ4n) is 1.63. The topological polar surface area (TPSA) is 38.3 Å². The molecule has 0 aliphatic rings. The van der Waals surface area contributed by atoms with E-state index in [2.05, 4.69) is 5.32 Å². The molecule has 2 rings (SSSR count). The maximum Gasteiger partial charge on any atom is 0.262 e. The molecular formula is C15H13Cl2NO2S. The SMILES string of the molecule is CSc1ccc(NC(=O)COc2c(Cl)cccc2Cl)cc1. The van der Waals surface area contributed by atoms with E-state index in [0.29, 0.717) is 21.5 Å². The number of thioether (sulfide) groups is 1. The average molecular weight is 342 g/mol. The summed E-state index contributed by atoms with van der Waals surface area (Å²) in [6, 6.07) is 12.6. The second-order valence-electron chi connectivity index (χ2n) is 4.12. The van der Waals surface area contributed by atoms with Gasteiger partial charge in [-0.05, 0) is 42.7 Å². The van der Waals surface area contributed by atoms with Crippen LogP contribution in [0.25, 0.3) is 0 Å². The molecule has 2 aromatic rings. The fourth-order valence-corrected chi connectivity index (χ4v) is 2.54. The minimum Gasteiger partial charge on any atom is -0.481 e. The number of ether oxygens (including phenoxy) is 1. The van der Waals surface area contributed by atoms with Crippen molar-refractivity contribution in [1.82, 2.24) is 0 Å². The van der Waals surface area contributed by atoms with Crippen molar-refractivity contribution < 1.29 is 9.53 Å². The van der Waals surface area contributed by atoms with E-state index in [4.69, 9.17) is 27.9 Å². The third kappa shape index (κ3) is 4.56. The molecule has 0 spiro atoms. The van der Waals surface area contributed by atoms with Crippen molar-refractivity contribution in [3.05, 3.63) is 52.5 Å². The normalized spacial score (nSPS) is 10.2. The summed E-state index contributed by atoms with van der Waals surface area (Å²) in [5, 5.41) is 3.49. The third-order valence-corrected chi connectivity index (χ3v) is 3.98. The van der Waals surface area contributed by atoms with Gasteiger partial charge in [0.2, 0.25) is 0 Å². The number of halogens is 2. The largest absolute Gasteiger partial charge is 0.481 e. The van der Waals surface area contributed by atoms with Crippen LogP contribution < -0.4 is 10.1 Å². The van der Waals surface area contributed by atoms with Crippen LogP contribution in [0.4, 0.5) is 5.69 Å². The lowest BCUT2D eigenvalue weighted by atomic mass is 10.3. The summed E-state index contributed by atoms with van der Waals surface area (Å²) in [4.78, 5) is 13.0. The van der Waals surface area contributed by atoms with Crippen molar-refractivity contribution in [2.75, 3.05) is 18.2 Å². The summed E-state index contributed by atoms with van der Waals surface area (Å²) in [7, 11) is 0. The number of hydrogen-bond acceptors (Lipinski definition) is 3. The molecule has 1 N–H and O–H groups in total. The van der Waals surface area contributed by atoms with E-state index < -0.39 is 0 Å². The van der Waals surface area contributed by atoms with Crippen molar-refractivity contribution >= 4 is 46.6 Å². The number of nitrogens with one attached hydrogen (secondary N) is 1. The predicted molar refractivity (Wildman–Crippen MR) is 88.8 cm³/mol. The van der Waals surface area contributed by atoms with Crippen LogP contribution in [-0.2, 0) is 4.79 Å². The number of benzene rings is 2. The minimum atomic E-state index is -0.275. The number of para-hydroxylation sites is 1. The Kier molecular flexibility index (Phi) is 5.79. The zero-order valence-electron chi connectivity index (χ0n) is 11.2. The maximum absolute atomic E-state index is 11.8. The Hall–Kier alpha value is -1.36. The Balaban J connectivity index is 1.92. The van der Waals surface area contributed by atoms with Gasteiger partial charge < -0.3 is 10.1 Å². The van der Waals surface area contributed by atoms with Gasteiger partial charge in [-0.3, -0.25) is 4.79 Å². The van der Waals surface area contributed by atoms with E-state index in [1.165, 1.54) is 0 Å². The standard InChI is InChI=1S/C15H13Cl2NO2S/c1-21-11-7-5-10(6-8-11)18-14(19)9-20-15-12(16)3-2-4-13(15)17/h2-8H,9H2,1H3,(H,18,19). The lowest BCUT2D eigenvalue weighted by Gasteiger charge is -2.10. The van der Waals surface area contributed by atoms with Crippen molar-refractivity contribution in [3.8, 4) is 5.75 Å². The monoisotopic (exact) mass is 341 g/mol. The number of anilines is 1. The Labute approximate surface area is 137 Å². The second-order valence-corrected chi connectivity index (χ2v) is 5.81. The number of carbonyl (C=O) groups excluding carboxylic acids is 1. The molecule has 0 aliphatic heterocycles. The molecule has 0 fully saturated rings. The Bertz CT molecular complexity index is 612. The van der Waals surface area contributed by atoms with E-state index in [-0.39, 0.29) is 12.5 Å². The molecule has 0 saturated carbocycles. The molecule has 0 heterocycles. The van der Waals surface area contributed by atoms with Gasteiger partial charge in [-0.1, -0.05) is 29.3 Å². The van der Waals surface area contributed by atoms with Gasteiger partial charge in [0, 0.05) is 10.6 Å². The first-order valence-corrected chi connectivity index (χ1v) is 8.09. The van der Waals surface area contributed by atoms with Crippen LogP contribution >= 0.6 is 35.0 Å². The van der Waals surface area contributed by atoms with E-state index >= 15 is 0 Å². The first-order chi connectivity index (χ1) is 10.1. The lowest BCUT2D eigenvalue weighted by molar-refractivity contribution is -0.118. The number of hydrogen-bond donors (Lipinski definition) is 1. The van der Waals surface area contributed by atoms with E-state index in [9.17, 15) is 4.79 Å². The van der Waals surface area contributed by atoms with Crippen molar-refractivity contribution in [2.24, 2.45) is 0 Å². The highest BCUT2D eigenvalue weighted by Gasteiger charge is 2.09. The summed E-state index contributed by atoms with van der Waals surface area (Å²) >= 11 is 13.6. The third-order valence-electron chi connectivity index (χ3n) is 2.64. The lowest BCUT2D eigenvalue weighted by Crippen LogP contribution is -2.20. The maximum atomic E-state index is 11.8. The smallest absolute Gasteiger partial charge is 0.262 e. The highest BCUT2D eigenvalue weighted by Crippen LogP contribution is 2.32. The van der Waals surface area contributed by atoms with Gasteiger partial charge in [0.1, 0.15) is 0 Å². The van der Waals surface area contributed by atoms with Gasteiger partial charge in [0.25, 0.3) is 5.91 Å². The molecule has 0 saturated heterocycles. The molecule has 0 atom stereocenters. The van der Waals surface area contributed by atoms with Gasteiger partial charge in [-0.2, -0.15) is 0 Å². The number of amides is 1. The van der Waals surface area contributed by atoms with Crippen LogP contribution in [-0.4, -0.2) is 18.8 Å². The Morgan fingerprint density at radius 3 is 2.33 bits per heavy atom. The first kappa shape index (κ1) is 16.0. The highest BCUT2D eigenvalue weighted by atomic mass is 35.5. The van der Waals surface area contributed by atoms with Crippen LogP contribution in [0.1, 0.15) is 0 Å². The molecule has 0 aromatic heterocycles. The number of rotatable bonds is 5. The molecule has 21 heavy (non-hydrogen) atoms. The molecular weight excluding hydrogens is 329 g/mol. The van der Waals surface area contributed by atoms with Crippen LogP contribution in [0, 0.1) is 0 Å². The zero-order chi connectivity index (χ0) is 15.2. The van der Waals surface area contributed by atoms with Gasteiger partial charge in [-0.25, -0.2) is 0 Å². The van der Waals surface area contributed by atoms with Crippen LogP contribution in [0.3, 0.4) is 0 Å². The van der Waals surface area contributed by atoms with E-state index in [0.717, 1.165) is 4.90 Å². The van der Waals surface area contributed by atoms with Gasteiger partial charge in [0.15, 0.2) is 12.4 Å². The summed E-state index contributed by atoms with van der Waals surface area (Å²) in [6.07, 6.45) is 1.99. The quantitative estimate of drug-likeness (QED) is 0.798. The molecule has 0 radical (unpaired) electrons. The van der Waals surface area contributed by atoms with Crippen LogP contribution in [0.15, 0.2) is 47.4 Å². The van der Waals surface area contributed by atoms with Crippen LogP contribution in [0.5, 0.6) is 5.75 Å². The summed E-state index contributed by atoms with van der Waals surface area (Å²) in [5.74, 6) is 0.0385. The van der Waals surface area contributed by atoms with Crippen LogP contribution in [0.2, 0.25) is 10.0 Å². The van der Waals surface area contributed by atoms with Crippen molar-refractivity contribution in [1.29, 1.82) is 0 Å². The number of carbonyl (C=O) groups is 1. The molecule has 3 nitrogen and oxygen atoms in total.